The van der Waals surface area contributed by atoms with Gasteiger partial charge >= 0.3 is 0 Å². The van der Waals surface area contributed by atoms with E-state index < -0.39 is 0 Å². The second kappa shape index (κ2) is 8.80. The van der Waals surface area contributed by atoms with Gasteiger partial charge in [-0.05, 0) is 51.0 Å². The van der Waals surface area contributed by atoms with E-state index in [0.29, 0.717) is 18.5 Å². The van der Waals surface area contributed by atoms with Gasteiger partial charge in [-0.25, -0.2) is 0 Å². The molecule has 2 fully saturated rings. The summed E-state index contributed by atoms with van der Waals surface area (Å²) in [5.74, 6) is 1.11. The van der Waals surface area contributed by atoms with Crippen LogP contribution in [0, 0.1) is 5.92 Å². The van der Waals surface area contributed by atoms with Gasteiger partial charge < -0.3 is 10.6 Å². The van der Waals surface area contributed by atoms with Crippen LogP contribution in [0.2, 0.25) is 0 Å². The van der Waals surface area contributed by atoms with Gasteiger partial charge in [0.1, 0.15) is 0 Å². The fraction of sp³-hybridized carbons (Fsp3) is 0.933. The van der Waals surface area contributed by atoms with Crippen molar-refractivity contribution in [3.05, 3.63) is 0 Å². The molecule has 3 nitrogen and oxygen atoms in total. The molecule has 0 aromatic rings. The highest BCUT2D eigenvalue weighted by Crippen LogP contribution is 2.22. The Hall–Kier alpha value is -0.280. The first-order valence-electron chi connectivity index (χ1n) is 7.77. The zero-order valence-corrected chi connectivity index (χ0v) is 12.9. The van der Waals surface area contributed by atoms with E-state index in [4.69, 9.17) is 0 Å². The number of amides is 1. The predicted molar refractivity (Wildman–Crippen MR) is 81.7 cm³/mol. The van der Waals surface area contributed by atoms with E-state index >= 15 is 0 Å². The summed E-state index contributed by atoms with van der Waals surface area (Å²) < 4.78 is 0. The van der Waals surface area contributed by atoms with E-state index in [1.54, 1.807) is 0 Å². The molecular formula is C15H29ClN2O. The lowest BCUT2D eigenvalue weighted by atomic mass is 10.0. The maximum absolute atomic E-state index is 11.9. The number of carbonyl (C=O) groups is 1. The minimum Gasteiger partial charge on any atom is -0.353 e. The van der Waals surface area contributed by atoms with Gasteiger partial charge in [-0.2, -0.15) is 0 Å². The van der Waals surface area contributed by atoms with Crippen LogP contribution in [-0.2, 0) is 4.79 Å². The van der Waals surface area contributed by atoms with Crippen LogP contribution in [0.5, 0.6) is 0 Å². The maximum Gasteiger partial charge on any atom is 0.220 e. The zero-order chi connectivity index (χ0) is 12.8. The summed E-state index contributed by atoms with van der Waals surface area (Å²) in [4.78, 5) is 11.9. The van der Waals surface area contributed by atoms with E-state index in [1.165, 1.54) is 44.9 Å². The van der Waals surface area contributed by atoms with Crippen LogP contribution in [0.3, 0.4) is 0 Å². The standard InChI is InChI=1S/C15H28N2O.ClH/c1-12-4-2-5-14(8-7-12)17-15(18)10-9-13-6-3-11-16-13;/h12-14,16H,2-11H2,1H3,(H,17,18);1H. The third-order valence-electron chi connectivity index (χ3n) is 4.50. The molecule has 1 heterocycles. The van der Waals surface area contributed by atoms with Crippen molar-refractivity contribution in [3.63, 3.8) is 0 Å². The van der Waals surface area contributed by atoms with Crippen molar-refractivity contribution in [3.8, 4) is 0 Å². The number of carbonyl (C=O) groups excluding carboxylic acids is 1. The molecule has 19 heavy (non-hydrogen) atoms. The van der Waals surface area contributed by atoms with Gasteiger partial charge in [-0.1, -0.05) is 19.8 Å². The number of rotatable bonds is 4. The fourth-order valence-corrected chi connectivity index (χ4v) is 3.24. The molecule has 1 amide bonds. The van der Waals surface area contributed by atoms with Gasteiger partial charge in [0.25, 0.3) is 0 Å². The third kappa shape index (κ3) is 6.13. The topological polar surface area (TPSA) is 41.1 Å². The molecule has 1 saturated heterocycles. The molecule has 0 aromatic heterocycles. The smallest absolute Gasteiger partial charge is 0.220 e. The Kier molecular flexibility index (Phi) is 7.77. The summed E-state index contributed by atoms with van der Waals surface area (Å²) >= 11 is 0. The summed E-state index contributed by atoms with van der Waals surface area (Å²) in [6.07, 6.45) is 10.5. The molecule has 1 aliphatic carbocycles. The van der Waals surface area contributed by atoms with Gasteiger partial charge in [0.15, 0.2) is 0 Å². The molecule has 1 aliphatic heterocycles. The van der Waals surface area contributed by atoms with Gasteiger partial charge in [-0.3, -0.25) is 4.79 Å². The summed E-state index contributed by atoms with van der Waals surface area (Å²) in [5, 5.41) is 6.69. The normalized spacial score (nSPS) is 31.3. The monoisotopic (exact) mass is 288 g/mol. The highest BCUT2D eigenvalue weighted by atomic mass is 35.5. The van der Waals surface area contributed by atoms with E-state index in [0.717, 1.165) is 18.9 Å². The van der Waals surface area contributed by atoms with Gasteiger partial charge in [0.05, 0.1) is 0 Å². The van der Waals surface area contributed by atoms with Gasteiger partial charge in [-0.15, -0.1) is 12.4 Å². The average Bonchev–Trinajstić information content (AvgIpc) is 2.79. The molecule has 112 valence electrons. The summed E-state index contributed by atoms with van der Waals surface area (Å²) in [6.45, 7) is 3.46. The minimum absolute atomic E-state index is 0. The number of hydrogen-bond acceptors (Lipinski definition) is 2. The number of nitrogens with one attached hydrogen (secondary N) is 2. The largest absolute Gasteiger partial charge is 0.353 e. The van der Waals surface area contributed by atoms with Crippen LogP contribution in [0.25, 0.3) is 0 Å². The molecule has 4 heteroatoms. The van der Waals surface area contributed by atoms with Crippen LogP contribution < -0.4 is 10.6 Å². The SMILES string of the molecule is CC1CCCC(NC(=O)CCC2CCCN2)CC1.Cl. The van der Waals surface area contributed by atoms with E-state index in [1.807, 2.05) is 0 Å². The lowest BCUT2D eigenvalue weighted by Gasteiger charge is -2.17. The number of hydrogen-bond donors (Lipinski definition) is 2. The lowest BCUT2D eigenvalue weighted by molar-refractivity contribution is -0.122. The Morgan fingerprint density at radius 2 is 2.00 bits per heavy atom. The Balaban J connectivity index is 0.00000180. The van der Waals surface area contributed by atoms with Crippen molar-refractivity contribution in [1.82, 2.24) is 10.6 Å². The molecular weight excluding hydrogens is 260 g/mol. The van der Waals surface area contributed by atoms with E-state index in [2.05, 4.69) is 17.6 Å². The van der Waals surface area contributed by atoms with Crippen LogP contribution in [0.4, 0.5) is 0 Å². The maximum atomic E-state index is 11.9. The molecule has 3 atom stereocenters. The van der Waals surface area contributed by atoms with Crippen molar-refractivity contribution in [1.29, 1.82) is 0 Å². The molecule has 0 bridgehead atoms. The molecule has 3 unspecified atom stereocenters. The van der Waals surface area contributed by atoms with Crippen LogP contribution in [-0.4, -0.2) is 24.5 Å². The number of halogens is 1. The molecule has 0 aromatic carbocycles. The molecule has 2 N–H and O–H groups in total. The zero-order valence-electron chi connectivity index (χ0n) is 12.1. The van der Waals surface area contributed by atoms with Crippen LogP contribution in [0.15, 0.2) is 0 Å². The second-order valence-corrected chi connectivity index (χ2v) is 6.21. The quantitative estimate of drug-likeness (QED) is 0.781. The molecule has 0 spiro atoms. The highest BCUT2D eigenvalue weighted by molar-refractivity contribution is 5.85. The fourth-order valence-electron chi connectivity index (χ4n) is 3.24. The molecule has 0 radical (unpaired) electrons. The first-order valence-corrected chi connectivity index (χ1v) is 7.77. The lowest BCUT2D eigenvalue weighted by Crippen LogP contribution is -2.35. The Labute approximate surface area is 123 Å². The van der Waals surface area contributed by atoms with Crippen molar-refractivity contribution in [2.75, 3.05) is 6.54 Å². The minimum atomic E-state index is 0. The second-order valence-electron chi connectivity index (χ2n) is 6.21. The summed E-state index contributed by atoms with van der Waals surface area (Å²) in [7, 11) is 0. The van der Waals surface area contributed by atoms with Gasteiger partial charge in [0.2, 0.25) is 5.91 Å². The highest BCUT2D eigenvalue weighted by Gasteiger charge is 2.19. The third-order valence-corrected chi connectivity index (χ3v) is 4.50. The molecule has 1 saturated carbocycles. The first-order chi connectivity index (χ1) is 8.74. The summed E-state index contributed by atoms with van der Waals surface area (Å²) in [5.41, 5.74) is 0. The summed E-state index contributed by atoms with van der Waals surface area (Å²) in [6, 6.07) is 1.03. The Morgan fingerprint density at radius 3 is 2.74 bits per heavy atom. The first kappa shape index (κ1) is 16.8. The predicted octanol–water partition coefficient (Wildman–Crippen LogP) is 3.03. The average molecular weight is 289 g/mol. The van der Waals surface area contributed by atoms with E-state index in [9.17, 15) is 4.79 Å². The Morgan fingerprint density at radius 1 is 1.16 bits per heavy atom. The van der Waals surface area contributed by atoms with Crippen molar-refractivity contribution in [2.24, 2.45) is 5.92 Å². The molecule has 2 aliphatic rings. The van der Waals surface area contributed by atoms with Crippen molar-refractivity contribution in [2.45, 2.75) is 76.8 Å². The van der Waals surface area contributed by atoms with Crippen LogP contribution >= 0.6 is 12.4 Å². The van der Waals surface area contributed by atoms with Crippen molar-refractivity contribution < 1.29 is 4.79 Å². The van der Waals surface area contributed by atoms with Gasteiger partial charge in [0, 0.05) is 18.5 Å². The van der Waals surface area contributed by atoms with Crippen molar-refractivity contribution >= 4 is 18.3 Å². The van der Waals surface area contributed by atoms with E-state index in [-0.39, 0.29) is 18.3 Å². The van der Waals surface area contributed by atoms with Crippen LogP contribution in [0.1, 0.15) is 64.7 Å². The molecule has 2 rings (SSSR count). The Bertz CT molecular complexity index is 267.